The van der Waals surface area contributed by atoms with Crippen molar-refractivity contribution >= 4 is 5.82 Å². The minimum Gasteiger partial charge on any atom is -0.454 e. The molecule has 0 aliphatic carbocycles. The predicted octanol–water partition coefficient (Wildman–Crippen LogP) is 2.04. The van der Waals surface area contributed by atoms with E-state index in [1.165, 1.54) is 0 Å². The number of fused-ring (bicyclic) bond motifs is 1. The molecular weight excluding hydrogens is 234 g/mol. The van der Waals surface area contributed by atoms with Crippen LogP contribution in [0.3, 0.4) is 0 Å². The Balaban J connectivity index is 1.83. The van der Waals surface area contributed by atoms with Gasteiger partial charge < -0.3 is 19.5 Å². The molecule has 0 spiro atoms. The molecule has 0 bridgehead atoms. The van der Waals surface area contributed by atoms with Crippen molar-refractivity contribution in [2.75, 3.05) is 19.2 Å². The third-order valence-electron chi connectivity index (χ3n) is 2.44. The number of hydrogen-bond donors (Lipinski definition) is 1. The summed E-state index contributed by atoms with van der Waals surface area (Å²) in [5, 5.41) is 2.90. The molecule has 2 aromatic rings. The summed E-state index contributed by atoms with van der Waals surface area (Å²) in [6.07, 6.45) is 3.16. The van der Waals surface area contributed by atoms with Gasteiger partial charge in [-0.2, -0.15) is 4.98 Å². The topological polar surface area (TPSA) is 65.5 Å². The Hall–Kier alpha value is -2.50. The van der Waals surface area contributed by atoms with Crippen molar-refractivity contribution in [3.63, 3.8) is 0 Å². The Morgan fingerprint density at radius 3 is 3.00 bits per heavy atom. The first-order valence-electron chi connectivity index (χ1n) is 5.42. The minimum absolute atomic E-state index is 0.244. The lowest BCUT2D eigenvalue weighted by atomic mass is 10.3. The lowest BCUT2D eigenvalue weighted by Gasteiger charge is -2.06. The number of benzene rings is 1. The first-order chi connectivity index (χ1) is 8.85. The third-order valence-corrected chi connectivity index (χ3v) is 2.44. The first kappa shape index (κ1) is 10.6. The van der Waals surface area contributed by atoms with Crippen LogP contribution in [0, 0.1) is 0 Å². The Morgan fingerprint density at radius 1 is 1.22 bits per heavy atom. The summed E-state index contributed by atoms with van der Waals surface area (Å²) < 4.78 is 16.1. The van der Waals surface area contributed by atoms with Crippen LogP contribution in [0.1, 0.15) is 0 Å². The fraction of sp³-hybridized carbons (Fsp3) is 0.167. The van der Waals surface area contributed by atoms with E-state index in [2.05, 4.69) is 15.3 Å². The van der Waals surface area contributed by atoms with Gasteiger partial charge in [0, 0.05) is 13.1 Å². The van der Waals surface area contributed by atoms with Gasteiger partial charge in [0.1, 0.15) is 11.6 Å². The maximum Gasteiger partial charge on any atom is 0.239 e. The molecular formula is C12H11N3O3. The van der Waals surface area contributed by atoms with Gasteiger partial charge in [0.25, 0.3) is 0 Å². The van der Waals surface area contributed by atoms with Crippen molar-refractivity contribution in [3.05, 3.63) is 30.6 Å². The molecule has 6 nitrogen and oxygen atoms in total. The highest BCUT2D eigenvalue weighted by Gasteiger charge is 2.14. The van der Waals surface area contributed by atoms with E-state index in [4.69, 9.17) is 14.2 Å². The van der Waals surface area contributed by atoms with Crippen LogP contribution in [0.15, 0.2) is 30.6 Å². The Labute approximate surface area is 104 Å². The first-order valence-corrected chi connectivity index (χ1v) is 5.42. The van der Waals surface area contributed by atoms with Gasteiger partial charge in [0.2, 0.25) is 12.7 Å². The van der Waals surface area contributed by atoms with Crippen molar-refractivity contribution in [1.29, 1.82) is 0 Å². The van der Waals surface area contributed by atoms with E-state index in [1.807, 2.05) is 0 Å². The van der Waals surface area contributed by atoms with Gasteiger partial charge in [0.05, 0.1) is 12.4 Å². The van der Waals surface area contributed by atoms with Crippen molar-refractivity contribution < 1.29 is 14.2 Å². The second-order valence-corrected chi connectivity index (χ2v) is 3.61. The van der Waals surface area contributed by atoms with E-state index < -0.39 is 0 Å². The highest BCUT2D eigenvalue weighted by molar-refractivity contribution is 5.47. The SMILES string of the molecule is CNc1cncc(Oc2ccc3c(c2)OCO3)n1. The Morgan fingerprint density at radius 2 is 2.11 bits per heavy atom. The van der Waals surface area contributed by atoms with E-state index in [9.17, 15) is 0 Å². The van der Waals surface area contributed by atoms with Crippen LogP contribution in [0.4, 0.5) is 5.82 Å². The summed E-state index contributed by atoms with van der Waals surface area (Å²) >= 11 is 0. The highest BCUT2D eigenvalue weighted by atomic mass is 16.7. The molecule has 6 heteroatoms. The van der Waals surface area contributed by atoms with Gasteiger partial charge >= 0.3 is 0 Å². The van der Waals surface area contributed by atoms with Gasteiger partial charge in [-0.15, -0.1) is 0 Å². The van der Waals surface area contributed by atoms with Crippen LogP contribution in [0.25, 0.3) is 0 Å². The van der Waals surface area contributed by atoms with Gasteiger partial charge in [0.15, 0.2) is 11.5 Å². The molecule has 0 atom stereocenters. The third kappa shape index (κ3) is 2.00. The Bertz CT molecular complexity index is 574. The minimum atomic E-state index is 0.244. The second-order valence-electron chi connectivity index (χ2n) is 3.61. The summed E-state index contributed by atoms with van der Waals surface area (Å²) in [6.45, 7) is 0.244. The van der Waals surface area contributed by atoms with Gasteiger partial charge in [-0.25, -0.2) is 0 Å². The highest BCUT2D eigenvalue weighted by Crippen LogP contribution is 2.36. The van der Waals surface area contributed by atoms with Crippen molar-refractivity contribution in [2.45, 2.75) is 0 Å². The average molecular weight is 245 g/mol. The molecule has 1 N–H and O–H groups in total. The van der Waals surface area contributed by atoms with Gasteiger partial charge in [-0.05, 0) is 12.1 Å². The molecule has 1 aliphatic rings. The fourth-order valence-electron chi connectivity index (χ4n) is 1.58. The molecule has 1 aliphatic heterocycles. The van der Waals surface area contributed by atoms with Crippen molar-refractivity contribution in [1.82, 2.24) is 9.97 Å². The lowest BCUT2D eigenvalue weighted by molar-refractivity contribution is 0.174. The molecule has 0 radical (unpaired) electrons. The molecule has 0 saturated heterocycles. The number of ether oxygens (including phenoxy) is 3. The van der Waals surface area contributed by atoms with Crippen LogP contribution < -0.4 is 19.5 Å². The molecule has 1 aromatic carbocycles. The summed E-state index contributed by atoms with van der Waals surface area (Å²) in [4.78, 5) is 8.23. The fourth-order valence-corrected chi connectivity index (χ4v) is 1.58. The molecule has 0 unspecified atom stereocenters. The number of nitrogens with one attached hydrogen (secondary N) is 1. The number of rotatable bonds is 3. The maximum absolute atomic E-state index is 5.60. The molecule has 2 heterocycles. The zero-order chi connectivity index (χ0) is 12.4. The quantitative estimate of drug-likeness (QED) is 0.892. The molecule has 92 valence electrons. The summed E-state index contributed by atoms with van der Waals surface area (Å²) in [6, 6.07) is 5.35. The van der Waals surface area contributed by atoms with E-state index in [0.29, 0.717) is 23.2 Å². The van der Waals surface area contributed by atoms with Crippen molar-refractivity contribution in [2.24, 2.45) is 0 Å². The van der Waals surface area contributed by atoms with E-state index in [-0.39, 0.29) is 6.79 Å². The number of aromatic nitrogens is 2. The molecule has 0 amide bonds. The largest absolute Gasteiger partial charge is 0.454 e. The van der Waals surface area contributed by atoms with E-state index in [0.717, 1.165) is 5.75 Å². The summed E-state index contributed by atoms with van der Waals surface area (Å²) in [5.41, 5.74) is 0. The number of nitrogens with zero attached hydrogens (tertiary/aromatic N) is 2. The number of hydrogen-bond acceptors (Lipinski definition) is 6. The lowest BCUT2D eigenvalue weighted by Crippen LogP contribution is -1.95. The Kier molecular flexibility index (Phi) is 2.60. The molecule has 0 saturated carbocycles. The predicted molar refractivity (Wildman–Crippen MR) is 64.2 cm³/mol. The monoisotopic (exact) mass is 245 g/mol. The maximum atomic E-state index is 5.60. The normalized spacial score (nSPS) is 12.3. The molecule has 3 rings (SSSR count). The summed E-state index contributed by atoms with van der Waals surface area (Å²) in [5.74, 6) is 3.08. The van der Waals surface area contributed by atoms with Gasteiger partial charge in [-0.1, -0.05) is 0 Å². The summed E-state index contributed by atoms with van der Waals surface area (Å²) in [7, 11) is 1.77. The van der Waals surface area contributed by atoms with Crippen LogP contribution >= 0.6 is 0 Å². The van der Waals surface area contributed by atoms with Crippen LogP contribution in [0.2, 0.25) is 0 Å². The van der Waals surface area contributed by atoms with Gasteiger partial charge in [-0.3, -0.25) is 4.98 Å². The average Bonchev–Trinajstić information content (AvgIpc) is 2.86. The molecule has 1 aromatic heterocycles. The van der Waals surface area contributed by atoms with Crippen LogP contribution in [0.5, 0.6) is 23.1 Å². The smallest absolute Gasteiger partial charge is 0.239 e. The zero-order valence-corrected chi connectivity index (χ0v) is 9.71. The second kappa shape index (κ2) is 4.40. The van der Waals surface area contributed by atoms with Crippen LogP contribution in [-0.2, 0) is 0 Å². The number of anilines is 1. The zero-order valence-electron chi connectivity index (χ0n) is 9.71. The van der Waals surface area contributed by atoms with E-state index in [1.54, 1.807) is 37.6 Å². The van der Waals surface area contributed by atoms with E-state index >= 15 is 0 Å². The standard InChI is InChI=1S/C12H11N3O3/c1-13-11-5-14-6-12(15-11)18-8-2-3-9-10(4-8)17-7-16-9/h2-6H,7H2,1H3,(H,13,15). The van der Waals surface area contributed by atoms with Crippen LogP contribution in [-0.4, -0.2) is 23.8 Å². The van der Waals surface area contributed by atoms with Crippen molar-refractivity contribution in [3.8, 4) is 23.1 Å². The molecule has 0 fully saturated rings. The molecule has 18 heavy (non-hydrogen) atoms.